The third kappa shape index (κ3) is 8.61. The van der Waals surface area contributed by atoms with Crippen molar-refractivity contribution < 1.29 is 19.2 Å². The molecule has 146 valence electrons. The van der Waals surface area contributed by atoms with E-state index in [2.05, 4.69) is 26.5 Å². The van der Waals surface area contributed by atoms with E-state index in [0.29, 0.717) is 17.1 Å². The molecule has 0 aliphatic rings. The molecule has 9 heteroatoms. The summed E-state index contributed by atoms with van der Waals surface area (Å²) in [6.45, 7) is 8.15. The lowest BCUT2D eigenvalue weighted by Gasteiger charge is -2.19. The molecule has 0 saturated heterocycles. The Morgan fingerprint density at radius 3 is 2.00 bits per heavy atom. The van der Waals surface area contributed by atoms with E-state index in [-0.39, 0.29) is 18.2 Å². The number of hydrogen-bond acceptors (Lipinski definition) is 5. The van der Waals surface area contributed by atoms with Crippen molar-refractivity contribution in [3.8, 4) is 0 Å². The molecular formula is C18H25N5O4. The number of rotatable bonds is 5. The summed E-state index contributed by atoms with van der Waals surface area (Å²) in [4.78, 5) is 46.7. The number of benzene rings is 1. The number of nitrogens with zero attached hydrogens (tertiary/aromatic N) is 1. The van der Waals surface area contributed by atoms with Gasteiger partial charge in [0.25, 0.3) is 0 Å². The Labute approximate surface area is 158 Å². The fourth-order valence-corrected chi connectivity index (χ4v) is 1.95. The predicted octanol–water partition coefficient (Wildman–Crippen LogP) is 1.38. The molecule has 0 fully saturated rings. The first-order chi connectivity index (χ1) is 12.5. The summed E-state index contributed by atoms with van der Waals surface area (Å²) < 4.78 is 0. The van der Waals surface area contributed by atoms with Gasteiger partial charge in [0, 0.05) is 18.2 Å². The number of amides is 4. The third-order valence-corrected chi connectivity index (χ3v) is 2.97. The molecular weight excluding hydrogens is 350 g/mol. The van der Waals surface area contributed by atoms with Crippen LogP contribution in [0.15, 0.2) is 29.4 Å². The maximum atomic E-state index is 12.1. The van der Waals surface area contributed by atoms with Gasteiger partial charge in [-0.05, 0) is 39.8 Å². The average molecular weight is 375 g/mol. The molecule has 0 atom stereocenters. The second-order valence-corrected chi connectivity index (χ2v) is 6.94. The molecule has 27 heavy (non-hydrogen) atoms. The Kier molecular flexibility index (Phi) is 7.64. The van der Waals surface area contributed by atoms with Gasteiger partial charge < -0.3 is 16.0 Å². The molecule has 0 spiro atoms. The number of carbonyl (C=O) groups excluding carboxylic acids is 4. The topological polar surface area (TPSA) is 129 Å². The molecule has 0 bridgehead atoms. The summed E-state index contributed by atoms with van der Waals surface area (Å²) in [5.74, 6) is -2.37. The van der Waals surface area contributed by atoms with Gasteiger partial charge in [0.1, 0.15) is 0 Å². The van der Waals surface area contributed by atoms with E-state index in [1.54, 1.807) is 52.0 Å². The van der Waals surface area contributed by atoms with Crippen LogP contribution in [0.3, 0.4) is 0 Å². The maximum absolute atomic E-state index is 12.1. The number of nitrogens with one attached hydrogen (secondary N) is 4. The second-order valence-electron chi connectivity index (χ2n) is 6.94. The molecule has 0 aliphatic carbocycles. The minimum Gasteiger partial charge on any atom is -0.343 e. The van der Waals surface area contributed by atoms with E-state index in [9.17, 15) is 19.2 Å². The number of hydrazone groups is 1. The number of anilines is 2. The minimum absolute atomic E-state index is 0.102. The third-order valence-electron chi connectivity index (χ3n) is 2.97. The van der Waals surface area contributed by atoms with Gasteiger partial charge in [-0.15, -0.1) is 0 Å². The summed E-state index contributed by atoms with van der Waals surface area (Å²) in [5, 5.41) is 11.5. The molecule has 0 unspecified atom stereocenters. The molecule has 0 radical (unpaired) electrons. The fraction of sp³-hybridized carbons (Fsp3) is 0.389. The van der Waals surface area contributed by atoms with E-state index in [0.717, 1.165) is 0 Å². The van der Waals surface area contributed by atoms with Crippen LogP contribution >= 0.6 is 0 Å². The van der Waals surface area contributed by atoms with Crippen LogP contribution in [0.25, 0.3) is 0 Å². The van der Waals surface area contributed by atoms with Crippen molar-refractivity contribution >= 4 is 40.7 Å². The van der Waals surface area contributed by atoms with Gasteiger partial charge in [-0.2, -0.15) is 5.10 Å². The summed E-state index contributed by atoms with van der Waals surface area (Å²) >= 11 is 0. The van der Waals surface area contributed by atoms with Crippen LogP contribution in [-0.4, -0.2) is 34.9 Å². The SMILES string of the molecule is CC(=O)Nc1ccccc1NC(=O)CC(C)=NNC(=O)C(=O)NC(C)(C)C. The molecule has 0 aliphatic heterocycles. The lowest BCUT2D eigenvalue weighted by molar-refractivity contribution is -0.140. The van der Waals surface area contributed by atoms with Crippen molar-refractivity contribution in [3.63, 3.8) is 0 Å². The van der Waals surface area contributed by atoms with Gasteiger partial charge in [-0.25, -0.2) is 5.43 Å². The number of carbonyl (C=O) groups is 4. The highest BCUT2D eigenvalue weighted by atomic mass is 16.2. The average Bonchev–Trinajstić information content (AvgIpc) is 2.52. The smallest absolute Gasteiger partial charge is 0.329 e. The molecule has 4 amide bonds. The van der Waals surface area contributed by atoms with Gasteiger partial charge in [-0.1, -0.05) is 12.1 Å². The Balaban J connectivity index is 2.62. The standard InChI is InChI=1S/C18H25N5O4/c1-11(22-23-17(27)16(26)21-18(3,4)5)10-15(25)20-14-9-7-6-8-13(14)19-12(2)24/h6-9H,10H2,1-5H3,(H,19,24)(H,20,25)(H,21,26)(H,23,27). The van der Waals surface area contributed by atoms with Crippen LogP contribution in [-0.2, 0) is 19.2 Å². The molecule has 1 rings (SSSR count). The van der Waals surface area contributed by atoms with Crippen molar-refractivity contribution in [2.75, 3.05) is 10.6 Å². The van der Waals surface area contributed by atoms with E-state index in [1.165, 1.54) is 6.92 Å². The molecule has 1 aromatic rings. The molecule has 0 saturated carbocycles. The van der Waals surface area contributed by atoms with Crippen molar-refractivity contribution in [3.05, 3.63) is 24.3 Å². The first-order valence-corrected chi connectivity index (χ1v) is 8.30. The lowest BCUT2D eigenvalue weighted by Crippen LogP contribution is -2.47. The van der Waals surface area contributed by atoms with Crippen LogP contribution < -0.4 is 21.4 Å². The minimum atomic E-state index is -0.916. The van der Waals surface area contributed by atoms with Crippen LogP contribution in [0, 0.1) is 0 Å². The van der Waals surface area contributed by atoms with Crippen molar-refractivity contribution in [2.24, 2.45) is 5.10 Å². The normalized spacial score (nSPS) is 11.4. The second kappa shape index (κ2) is 9.46. The Hall–Kier alpha value is -3.23. The largest absolute Gasteiger partial charge is 0.343 e. The first-order valence-electron chi connectivity index (χ1n) is 8.30. The van der Waals surface area contributed by atoms with Gasteiger partial charge in [0.15, 0.2) is 0 Å². The molecule has 0 aromatic heterocycles. The van der Waals surface area contributed by atoms with E-state index in [4.69, 9.17) is 0 Å². The number of para-hydroxylation sites is 2. The zero-order valence-corrected chi connectivity index (χ0v) is 16.1. The van der Waals surface area contributed by atoms with Crippen molar-refractivity contribution in [2.45, 2.75) is 46.6 Å². The van der Waals surface area contributed by atoms with Crippen molar-refractivity contribution in [1.29, 1.82) is 0 Å². The van der Waals surface area contributed by atoms with Crippen LogP contribution in [0.5, 0.6) is 0 Å². The van der Waals surface area contributed by atoms with E-state index < -0.39 is 17.4 Å². The maximum Gasteiger partial charge on any atom is 0.329 e. The monoisotopic (exact) mass is 375 g/mol. The first kappa shape index (κ1) is 21.8. The molecule has 9 nitrogen and oxygen atoms in total. The summed E-state index contributed by atoms with van der Waals surface area (Å²) in [6.07, 6.45) is -0.102. The van der Waals surface area contributed by atoms with Crippen LogP contribution in [0.2, 0.25) is 0 Å². The molecule has 0 heterocycles. The van der Waals surface area contributed by atoms with Crippen LogP contribution in [0.1, 0.15) is 41.0 Å². The highest BCUT2D eigenvalue weighted by Gasteiger charge is 2.20. The van der Waals surface area contributed by atoms with Gasteiger partial charge in [0.05, 0.1) is 17.8 Å². The fourth-order valence-electron chi connectivity index (χ4n) is 1.95. The lowest BCUT2D eigenvalue weighted by atomic mass is 10.1. The highest BCUT2D eigenvalue weighted by molar-refractivity contribution is 6.35. The molecule has 1 aromatic carbocycles. The summed E-state index contributed by atoms with van der Waals surface area (Å²) in [5.41, 5.74) is 2.79. The van der Waals surface area contributed by atoms with E-state index >= 15 is 0 Å². The van der Waals surface area contributed by atoms with E-state index in [1.807, 2.05) is 0 Å². The van der Waals surface area contributed by atoms with Gasteiger partial charge >= 0.3 is 11.8 Å². The van der Waals surface area contributed by atoms with Crippen molar-refractivity contribution in [1.82, 2.24) is 10.7 Å². The summed E-state index contributed by atoms with van der Waals surface area (Å²) in [7, 11) is 0. The number of hydrogen-bond donors (Lipinski definition) is 4. The van der Waals surface area contributed by atoms with Crippen LogP contribution in [0.4, 0.5) is 11.4 Å². The van der Waals surface area contributed by atoms with Gasteiger partial charge in [0.2, 0.25) is 11.8 Å². The Bertz CT molecular complexity index is 765. The Morgan fingerprint density at radius 2 is 1.48 bits per heavy atom. The van der Waals surface area contributed by atoms with Gasteiger partial charge in [-0.3, -0.25) is 19.2 Å². The quantitative estimate of drug-likeness (QED) is 0.352. The highest BCUT2D eigenvalue weighted by Crippen LogP contribution is 2.21. The zero-order valence-electron chi connectivity index (χ0n) is 16.1. The predicted molar refractivity (Wildman–Crippen MR) is 103 cm³/mol. The zero-order chi connectivity index (χ0) is 20.6. The molecule has 4 N–H and O–H groups in total. The summed E-state index contributed by atoms with van der Waals surface area (Å²) in [6, 6.07) is 6.75. The Morgan fingerprint density at radius 1 is 0.926 bits per heavy atom.